The Morgan fingerprint density at radius 2 is 2.19 bits per heavy atom. The minimum atomic E-state index is -0.139. The second-order valence-electron chi connectivity index (χ2n) is 6.70. The second kappa shape index (κ2) is 7.92. The van der Waals surface area contributed by atoms with Gasteiger partial charge in [-0.05, 0) is 43.7 Å². The number of anilines is 1. The number of aryl methyl sites for hydroxylation is 1. The van der Waals surface area contributed by atoms with Gasteiger partial charge in [0.05, 0.1) is 23.8 Å². The number of aromatic nitrogens is 3. The standard InChI is InChI=1S/C19H20BrN5OS/c1-24-9-15(21-12-24)10-25-8-2-3-17(25)16-11-27-19(22-16)23-18(26)13-4-6-14(20)7-5-13/h4-7,9,11-12,17H,2-3,8,10H2,1H3,(H,22,23,26). The van der Waals surface area contributed by atoms with Crippen molar-refractivity contribution in [1.29, 1.82) is 0 Å². The molecule has 1 fully saturated rings. The van der Waals surface area contributed by atoms with Crippen LogP contribution in [0.5, 0.6) is 0 Å². The van der Waals surface area contributed by atoms with Crippen molar-refractivity contribution in [3.8, 4) is 0 Å². The average Bonchev–Trinajstić information content (AvgIpc) is 3.37. The summed E-state index contributed by atoms with van der Waals surface area (Å²) in [7, 11) is 1.98. The fourth-order valence-electron chi connectivity index (χ4n) is 3.37. The summed E-state index contributed by atoms with van der Waals surface area (Å²) in [5.74, 6) is -0.139. The summed E-state index contributed by atoms with van der Waals surface area (Å²) in [6.07, 6.45) is 6.12. The Balaban J connectivity index is 1.43. The quantitative estimate of drug-likeness (QED) is 0.637. The zero-order valence-electron chi connectivity index (χ0n) is 14.9. The van der Waals surface area contributed by atoms with Gasteiger partial charge < -0.3 is 4.57 Å². The van der Waals surface area contributed by atoms with Crippen LogP contribution < -0.4 is 5.32 Å². The Kier molecular flexibility index (Phi) is 5.38. The van der Waals surface area contributed by atoms with Crippen LogP contribution in [-0.4, -0.2) is 31.9 Å². The summed E-state index contributed by atoms with van der Waals surface area (Å²) >= 11 is 4.86. The number of amides is 1. The Hall–Kier alpha value is -2.03. The molecule has 8 heteroatoms. The van der Waals surface area contributed by atoms with Crippen molar-refractivity contribution in [2.24, 2.45) is 7.05 Å². The normalized spacial score (nSPS) is 17.3. The first-order valence-electron chi connectivity index (χ1n) is 8.82. The van der Waals surface area contributed by atoms with Gasteiger partial charge in [-0.25, -0.2) is 9.97 Å². The number of halogens is 1. The highest BCUT2D eigenvalue weighted by Gasteiger charge is 2.28. The monoisotopic (exact) mass is 445 g/mol. The molecule has 0 aliphatic carbocycles. The molecule has 1 aliphatic rings. The van der Waals surface area contributed by atoms with E-state index in [1.165, 1.54) is 11.3 Å². The summed E-state index contributed by atoms with van der Waals surface area (Å²) in [4.78, 5) is 23.9. The maximum atomic E-state index is 12.4. The highest BCUT2D eigenvalue weighted by Crippen LogP contribution is 2.34. The SMILES string of the molecule is Cn1cnc(CN2CCCC2c2csc(NC(=O)c3ccc(Br)cc3)n2)c1. The Morgan fingerprint density at radius 1 is 1.37 bits per heavy atom. The molecule has 2 aromatic heterocycles. The van der Waals surface area contributed by atoms with Gasteiger partial charge in [-0.3, -0.25) is 15.0 Å². The lowest BCUT2D eigenvalue weighted by Gasteiger charge is -2.21. The van der Waals surface area contributed by atoms with Crippen LogP contribution in [0.2, 0.25) is 0 Å². The Labute approximate surface area is 170 Å². The van der Waals surface area contributed by atoms with E-state index >= 15 is 0 Å². The number of carbonyl (C=O) groups is 1. The lowest BCUT2D eigenvalue weighted by molar-refractivity contribution is 0.102. The molecule has 3 aromatic rings. The molecule has 1 aromatic carbocycles. The summed E-state index contributed by atoms with van der Waals surface area (Å²) in [6, 6.07) is 7.58. The van der Waals surface area contributed by atoms with E-state index in [1.807, 2.05) is 30.1 Å². The lowest BCUT2D eigenvalue weighted by Crippen LogP contribution is -2.23. The number of hydrogen-bond donors (Lipinski definition) is 1. The topological polar surface area (TPSA) is 63.1 Å². The molecule has 4 rings (SSSR count). The molecule has 0 saturated carbocycles. The zero-order valence-corrected chi connectivity index (χ0v) is 17.3. The summed E-state index contributed by atoms with van der Waals surface area (Å²) in [5, 5.41) is 5.60. The predicted molar refractivity (Wildman–Crippen MR) is 110 cm³/mol. The van der Waals surface area contributed by atoms with E-state index in [0.29, 0.717) is 10.7 Å². The highest BCUT2D eigenvalue weighted by molar-refractivity contribution is 9.10. The van der Waals surface area contributed by atoms with E-state index in [2.05, 4.69) is 47.7 Å². The van der Waals surface area contributed by atoms with E-state index < -0.39 is 0 Å². The minimum absolute atomic E-state index is 0.139. The first-order chi connectivity index (χ1) is 13.1. The van der Waals surface area contributed by atoms with Crippen LogP contribution in [0.15, 0.2) is 46.6 Å². The first-order valence-corrected chi connectivity index (χ1v) is 10.5. The maximum Gasteiger partial charge on any atom is 0.257 e. The predicted octanol–water partition coefficient (Wildman–Crippen LogP) is 4.23. The van der Waals surface area contributed by atoms with Gasteiger partial charge >= 0.3 is 0 Å². The van der Waals surface area contributed by atoms with Gasteiger partial charge in [0.1, 0.15) is 0 Å². The van der Waals surface area contributed by atoms with Crippen molar-refractivity contribution in [2.75, 3.05) is 11.9 Å². The third-order valence-electron chi connectivity index (χ3n) is 4.68. The van der Waals surface area contributed by atoms with Crippen molar-refractivity contribution in [2.45, 2.75) is 25.4 Å². The van der Waals surface area contributed by atoms with Gasteiger partial charge in [0.25, 0.3) is 5.91 Å². The van der Waals surface area contributed by atoms with Crippen LogP contribution in [-0.2, 0) is 13.6 Å². The van der Waals surface area contributed by atoms with Gasteiger partial charge in [-0.1, -0.05) is 15.9 Å². The average molecular weight is 446 g/mol. The van der Waals surface area contributed by atoms with Crippen molar-refractivity contribution >= 4 is 38.3 Å². The zero-order chi connectivity index (χ0) is 18.8. The molecule has 0 spiro atoms. The third-order valence-corrected chi connectivity index (χ3v) is 5.98. The summed E-state index contributed by atoms with van der Waals surface area (Å²) < 4.78 is 2.92. The van der Waals surface area contributed by atoms with Gasteiger partial charge in [0.2, 0.25) is 0 Å². The van der Waals surface area contributed by atoms with Gasteiger partial charge in [0.15, 0.2) is 5.13 Å². The maximum absolute atomic E-state index is 12.4. The molecule has 1 saturated heterocycles. The van der Waals surface area contributed by atoms with Crippen molar-refractivity contribution < 1.29 is 4.79 Å². The Morgan fingerprint density at radius 3 is 2.93 bits per heavy atom. The number of imidazole rings is 1. The molecule has 6 nitrogen and oxygen atoms in total. The van der Waals surface area contributed by atoms with Crippen LogP contribution in [0.1, 0.15) is 40.6 Å². The molecule has 3 heterocycles. The molecule has 0 bridgehead atoms. The fraction of sp³-hybridized carbons (Fsp3) is 0.316. The molecule has 1 N–H and O–H groups in total. The summed E-state index contributed by atoms with van der Waals surface area (Å²) in [5.41, 5.74) is 2.72. The first kappa shape index (κ1) is 18.3. The minimum Gasteiger partial charge on any atom is -0.340 e. The molecule has 1 unspecified atom stereocenters. The van der Waals surface area contributed by atoms with Crippen molar-refractivity contribution in [3.63, 3.8) is 0 Å². The number of nitrogens with one attached hydrogen (secondary N) is 1. The summed E-state index contributed by atoms with van der Waals surface area (Å²) in [6.45, 7) is 1.86. The van der Waals surface area contributed by atoms with Crippen LogP contribution >= 0.6 is 27.3 Å². The van der Waals surface area contributed by atoms with Crippen LogP contribution in [0.3, 0.4) is 0 Å². The lowest BCUT2D eigenvalue weighted by atomic mass is 10.1. The largest absolute Gasteiger partial charge is 0.340 e. The molecular weight excluding hydrogens is 426 g/mol. The Bertz CT molecular complexity index is 936. The number of nitrogens with zero attached hydrogens (tertiary/aromatic N) is 4. The van der Waals surface area contributed by atoms with Gasteiger partial charge in [0, 0.05) is 35.2 Å². The number of hydrogen-bond acceptors (Lipinski definition) is 5. The van der Waals surface area contributed by atoms with E-state index in [4.69, 9.17) is 0 Å². The highest BCUT2D eigenvalue weighted by atomic mass is 79.9. The van der Waals surface area contributed by atoms with Gasteiger partial charge in [-0.15, -0.1) is 11.3 Å². The van der Waals surface area contributed by atoms with Crippen LogP contribution in [0.4, 0.5) is 5.13 Å². The number of likely N-dealkylation sites (tertiary alicyclic amines) is 1. The smallest absolute Gasteiger partial charge is 0.257 e. The van der Waals surface area contributed by atoms with E-state index in [-0.39, 0.29) is 11.9 Å². The fourth-order valence-corrected chi connectivity index (χ4v) is 4.39. The molecule has 1 amide bonds. The second-order valence-corrected chi connectivity index (χ2v) is 8.47. The number of carbonyl (C=O) groups excluding carboxylic acids is 1. The third kappa shape index (κ3) is 4.28. The molecule has 0 radical (unpaired) electrons. The van der Waals surface area contributed by atoms with E-state index in [9.17, 15) is 4.79 Å². The molecular formula is C19H20BrN5OS. The van der Waals surface area contributed by atoms with Crippen molar-refractivity contribution in [1.82, 2.24) is 19.4 Å². The van der Waals surface area contributed by atoms with Crippen LogP contribution in [0.25, 0.3) is 0 Å². The molecule has 1 aliphatic heterocycles. The molecule has 27 heavy (non-hydrogen) atoms. The van der Waals surface area contributed by atoms with E-state index in [1.54, 1.807) is 12.1 Å². The molecule has 1 atom stereocenters. The van der Waals surface area contributed by atoms with Crippen LogP contribution in [0, 0.1) is 0 Å². The van der Waals surface area contributed by atoms with Crippen molar-refractivity contribution in [3.05, 3.63) is 63.6 Å². The number of benzene rings is 1. The molecule has 140 valence electrons. The number of rotatable bonds is 5. The van der Waals surface area contributed by atoms with E-state index in [0.717, 1.165) is 41.8 Å². The van der Waals surface area contributed by atoms with Gasteiger partial charge in [-0.2, -0.15) is 0 Å². The number of thiazole rings is 1.